The summed E-state index contributed by atoms with van der Waals surface area (Å²) in [6.45, 7) is 3.14. The monoisotopic (exact) mass is 294 g/mol. The smallest absolute Gasteiger partial charge is 0.317 e. The minimum Gasteiger partial charge on any atom is -0.481 e. The maximum atomic E-state index is 12.0. The molecule has 0 unspecified atom stereocenters. The van der Waals surface area contributed by atoms with E-state index in [0.717, 1.165) is 5.56 Å². The Morgan fingerprint density at radius 3 is 2.81 bits per heavy atom. The molecular weight excluding hydrogens is 276 g/mol. The molecule has 114 valence electrons. The molecule has 0 saturated carbocycles. The number of carbonyl (C=O) groups excluding carboxylic acids is 1. The van der Waals surface area contributed by atoms with E-state index in [1.54, 1.807) is 4.90 Å². The van der Waals surface area contributed by atoms with Crippen molar-refractivity contribution in [1.82, 2.24) is 10.2 Å². The maximum absolute atomic E-state index is 12.0. The second-order valence-corrected chi connectivity index (χ2v) is 4.58. The standard InChI is InChI=1S/C14H18N2O5/c1-2-16(14(19)15-6-5-13(17)18)8-10-3-4-11-12(7-10)21-9-20-11/h3-4,7H,2,5-6,8-9H2,1H3,(H,15,19)(H,17,18). The number of rotatable bonds is 6. The largest absolute Gasteiger partial charge is 0.481 e. The molecule has 0 radical (unpaired) electrons. The van der Waals surface area contributed by atoms with Crippen LogP contribution in [0.2, 0.25) is 0 Å². The van der Waals surface area contributed by atoms with E-state index in [9.17, 15) is 9.59 Å². The lowest BCUT2D eigenvalue weighted by Crippen LogP contribution is -2.40. The first-order valence-electron chi connectivity index (χ1n) is 6.73. The van der Waals surface area contributed by atoms with Gasteiger partial charge < -0.3 is 24.8 Å². The summed E-state index contributed by atoms with van der Waals surface area (Å²) in [4.78, 5) is 24.0. The number of carboxylic acid groups (broad SMARTS) is 1. The summed E-state index contributed by atoms with van der Waals surface area (Å²) in [6, 6.07) is 5.25. The van der Waals surface area contributed by atoms with Gasteiger partial charge in [-0.2, -0.15) is 0 Å². The Labute approximate surface area is 122 Å². The van der Waals surface area contributed by atoms with Gasteiger partial charge in [-0.05, 0) is 24.6 Å². The molecule has 0 atom stereocenters. The quantitative estimate of drug-likeness (QED) is 0.828. The number of urea groups is 1. The molecule has 7 nitrogen and oxygen atoms in total. The number of nitrogens with one attached hydrogen (secondary N) is 1. The third kappa shape index (κ3) is 4.01. The lowest BCUT2D eigenvalue weighted by atomic mass is 10.2. The minimum atomic E-state index is -0.936. The first kappa shape index (κ1) is 15.0. The molecule has 0 fully saturated rings. The van der Waals surface area contributed by atoms with E-state index < -0.39 is 5.97 Å². The zero-order chi connectivity index (χ0) is 15.2. The van der Waals surface area contributed by atoms with Crippen molar-refractivity contribution >= 4 is 12.0 Å². The minimum absolute atomic E-state index is 0.0900. The Morgan fingerprint density at radius 2 is 2.10 bits per heavy atom. The van der Waals surface area contributed by atoms with Gasteiger partial charge in [-0.3, -0.25) is 4.79 Å². The van der Waals surface area contributed by atoms with Crippen LogP contribution < -0.4 is 14.8 Å². The van der Waals surface area contributed by atoms with E-state index in [1.165, 1.54) is 0 Å². The van der Waals surface area contributed by atoms with Gasteiger partial charge in [0.15, 0.2) is 11.5 Å². The second-order valence-electron chi connectivity index (χ2n) is 4.58. The van der Waals surface area contributed by atoms with Crippen LogP contribution in [0.15, 0.2) is 18.2 Å². The zero-order valence-electron chi connectivity index (χ0n) is 11.8. The Bertz CT molecular complexity index is 532. The Kier molecular flexibility index (Phi) is 4.86. The highest BCUT2D eigenvalue weighted by Gasteiger charge is 2.16. The molecule has 1 aromatic rings. The van der Waals surface area contributed by atoms with E-state index in [4.69, 9.17) is 14.6 Å². The number of amides is 2. The molecule has 1 heterocycles. The van der Waals surface area contributed by atoms with Crippen LogP contribution in [0.4, 0.5) is 4.79 Å². The van der Waals surface area contributed by atoms with Gasteiger partial charge >= 0.3 is 12.0 Å². The van der Waals surface area contributed by atoms with Crippen LogP contribution >= 0.6 is 0 Å². The van der Waals surface area contributed by atoms with Gasteiger partial charge in [0.2, 0.25) is 6.79 Å². The third-order valence-corrected chi connectivity index (χ3v) is 3.09. The first-order valence-corrected chi connectivity index (χ1v) is 6.73. The molecule has 2 N–H and O–H groups in total. The van der Waals surface area contributed by atoms with E-state index in [1.807, 2.05) is 25.1 Å². The molecule has 0 saturated heterocycles. The number of nitrogens with zero attached hydrogens (tertiary/aromatic N) is 1. The maximum Gasteiger partial charge on any atom is 0.317 e. The predicted molar refractivity (Wildman–Crippen MR) is 74.3 cm³/mol. The summed E-state index contributed by atoms with van der Waals surface area (Å²) in [6.07, 6.45) is -0.0900. The highest BCUT2D eigenvalue weighted by molar-refractivity contribution is 5.75. The molecule has 0 spiro atoms. The topological polar surface area (TPSA) is 88.1 Å². The third-order valence-electron chi connectivity index (χ3n) is 3.09. The number of carboxylic acids is 1. The van der Waals surface area contributed by atoms with Crippen molar-refractivity contribution in [2.45, 2.75) is 19.9 Å². The van der Waals surface area contributed by atoms with Crippen molar-refractivity contribution in [2.75, 3.05) is 19.9 Å². The molecular formula is C14H18N2O5. The van der Waals surface area contributed by atoms with Crippen molar-refractivity contribution in [3.05, 3.63) is 23.8 Å². The normalized spacial score (nSPS) is 12.0. The summed E-state index contributed by atoms with van der Waals surface area (Å²) >= 11 is 0. The summed E-state index contributed by atoms with van der Waals surface area (Å²) in [5, 5.41) is 11.1. The van der Waals surface area contributed by atoms with Crippen LogP contribution in [-0.4, -0.2) is 41.9 Å². The lowest BCUT2D eigenvalue weighted by Gasteiger charge is -2.21. The van der Waals surface area contributed by atoms with Gasteiger partial charge in [-0.1, -0.05) is 6.07 Å². The SMILES string of the molecule is CCN(Cc1ccc2c(c1)OCO2)C(=O)NCCC(=O)O. The average molecular weight is 294 g/mol. The summed E-state index contributed by atoms with van der Waals surface area (Å²) in [7, 11) is 0. The van der Waals surface area contributed by atoms with E-state index in [0.29, 0.717) is 24.6 Å². The van der Waals surface area contributed by atoms with Crippen molar-refractivity contribution in [2.24, 2.45) is 0 Å². The van der Waals surface area contributed by atoms with Crippen molar-refractivity contribution in [3.8, 4) is 11.5 Å². The average Bonchev–Trinajstić information content (AvgIpc) is 2.91. The molecule has 2 rings (SSSR count). The Morgan fingerprint density at radius 1 is 1.33 bits per heavy atom. The number of fused-ring (bicyclic) bond motifs is 1. The zero-order valence-corrected chi connectivity index (χ0v) is 11.8. The van der Waals surface area contributed by atoms with Crippen molar-refractivity contribution < 1.29 is 24.2 Å². The van der Waals surface area contributed by atoms with Gasteiger partial charge in [-0.15, -0.1) is 0 Å². The fraction of sp³-hybridized carbons (Fsp3) is 0.429. The molecule has 0 bridgehead atoms. The summed E-state index contributed by atoms with van der Waals surface area (Å²) < 4.78 is 10.5. The molecule has 21 heavy (non-hydrogen) atoms. The number of hydrogen-bond acceptors (Lipinski definition) is 4. The molecule has 7 heteroatoms. The predicted octanol–water partition coefficient (Wildman–Crippen LogP) is 1.42. The van der Waals surface area contributed by atoms with E-state index in [2.05, 4.69) is 5.32 Å². The Hall–Kier alpha value is -2.44. The molecule has 1 aliphatic heterocycles. The van der Waals surface area contributed by atoms with Gasteiger partial charge in [0.05, 0.1) is 6.42 Å². The van der Waals surface area contributed by atoms with Crippen molar-refractivity contribution in [1.29, 1.82) is 0 Å². The van der Waals surface area contributed by atoms with Gasteiger partial charge in [-0.25, -0.2) is 4.79 Å². The fourth-order valence-corrected chi connectivity index (χ4v) is 1.98. The van der Waals surface area contributed by atoms with Crippen LogP contribution in [0.3, 0.4) is 0 Å². The van der Waals surface area contributed by atoms with Gasteiger partial charge in [0.25, 0.3) is 0 Å². The van der Waals surface area contributed by atoms with Gasteiger partial charge in [0, 0.05) is 19.6 Å². The molecule has 0 aromatic heterocycles. The van der Waals surface area contributed by atoms with Crippen molar-refractivity contribution in [3.63, 3.8) is 0 Å². The highest BCUT2D eigenvalue weighted by Crippen LogP contribution is 2.32. The number of carbonyl (C=O) groups is 2. The molecule has 0 aliphatic carbocycles. The summed E-state index contributed by atoms with van der Waals surface area (Å²) in [5.41, 5.74) is 0.925. The van der Waals surface area contributed by atoms with Crippen LogP contribution in [0, 0.1) is 0 Å². The first-order chi connectivity index (χ1) is 10.1. The second kappa shape index (κ2) is 6.83. The Balaban J connectivity index is 1.92. The van der Waals surface area contributed by atoms with Crippen LogP contribution in [0.1, 0.15) is 18.9 Å². The van der Waals surface area contributed by atoms with Gasteiger partial charge in [0.1, 0.15) is 0 Å². The molecule has 2 amide bonds. The van der Waals surface area contributed by atoms with Crippen LogP contribution in [-0.2, 0) is 11.3 Å². The lowest BCUT2D eigenvalue weighted by molar-refractivity contribution is -0.136. The molecule has 1 aliphatic rings. The van der Waals surface area contributed by atoms with E-state index >= 15 is 0 Å². The van der Waals surface area contributed by atoms with Crippen LogP contribution in [0.25, 0.3) is 0 Å². The fourth-order valence-electron chi connectivity index (χ4n) is 1.98. The number of hydrogen-bond donors (Lipinski definition) is 2. The summed E-state index contributed by atoms with van der Waals surface area (Å²) in [5.74, 6) is 0.441. The highest BCUT2D eigenvalue weighted by atomic mass is 16.7. The van der Waals surface area contributed by atoms with E-state index in [-0.39, 0.29) is 25.8 Å². The number of aliphatic carboxylic acids is 1. The number of ether oxygens (including phenoxy) is 2. The molecule has 1 aromatic carbocycles. The van der Waals surface area contributed by atoms with Crippen LogP contribution in [0.5, 0.6) is 11.5 Å². The number of benzene rings is 1.